The largest absolute Gasteiger partial charge is 0.271 e. The minimum absolute atomic E-state index is 0.0615. The highest BCUT2D eigenvalue weighted by Gasteiger charge is 2.21. The molecule has 0 amide bonds. The summed E-state index contributed by atoms with van der Waals surface area (Å²) < 4.78 is 1.26. The molecule has 2 nitrogen and oxygen atoms in total. The first-order valence-electron chi connectivity index (χ1n) is 5.88. The molecule has 0 saturated heterocycles. The molecule has 0 saturated carbocycles. The number of hydrogen-bond acceptors (Lipinski definition) is 4. The van der Waals surface area contributed by atoms with Gasteiger partial charge in [0.25, 0.3) is 0 Å². The SMILES string of the molecule is Cc1csc(C(NN)c2cccc3ccsc23)c1Cl. The highest BCUT2D eigenvalue weighted by atomic mass is 35.5. The molecule has 1 unspecified atom stereocenters. The maximum Gasteiger partial charge on any atom is 0.0831 e. The van der Waals surface area contributed by atoms with E-state index in [4.69, 9.17) is 17.4 Å². The topological polar surface area (TPSA) is 38.0 Å². The van der Waals surface area contributed by atoms with Crippen LogP contribution in [0, 0.1) is 6.92 Å². The lowest BCUT2D eigenvalue weighted by Crippen LogP contribution is -2.28. The van der Waals surface area contributed by atoms with E-state index in [0.717, 1.165) is 15.5 Å². The maximum atomic E-state index is 6.38. The van der Waals surface area contributed by atoms with Gasteiger partial charge >= 0.3 is 0 Å². The van der Waals surface area contributed by atoms with Crippen molar-refractivity contribution in [1.29, 1.82) is 0 Å². The van der Waals surface area contributed by atoms with Crippen LogP contribution in [-0.4, -0.2) is 0 Å². The summed E-state index contributed by atoms with van der Waals surface area (Å²) in [5.74, 6) is 5.78. The number of rotatable bonds is 3. The van der Waals surface area contributed by atoms with Crippen molar-refractivity contribution in [2.45, 2.75) is 13.0 Å². The van der Waals surface area contributed by atoms with Crippen LogP contribution in [-0.2, 0) is 0 Å². The molecule has 0 fully saturated rings. The number of nitrogens with one attached hydrogen (secondary N) is 1. The first kappa shape index (κ1) is 13.1. The van der Waals surface area contributed by atoms with Crippen LogP contribution in [0.1, 0.15) is 22.0 Å². The second kappa shape index (κ2) is 5.23. The van der Waals surface area contributed by atoms with Crippen molar-refractivity contribution in [3.63, 3.8) is 0 Å². The van der Waals surface area contributed by atoms with Crippen LogP contribution < -0.4 is 11.3 Å². The lowest BCUT2D eigenvalue weighted by atomic mass is 10.0. The van der Waals surface area contributed by atoms with Crippen molar-refractivity contribution >= 4 is 44.4 Å². The fourth-order valence-corrected chi connectivity index (χ4v) is 4.52. The number of nitrogens with two attached hydrogens (primary N) is 1. The Morgan fingerprint density at radius 2 is 2.11 bits per heavy atom. The van der Waals surface area contributed by atoms with Crippen molar-refractivity contribution in [2.75, 3.05) is 0 Å². The van der Waals surface area contributed by atoms with Crippen LogP contribution in [0.25, 0.3) is 10.1 Å². The van der Waals surface area contributed by atoms with Gasteiger partial charge in [-0.3, -0.25) is 5.84 Å². The Hall–Kier alpha value is -0.910. The number of hydrogen-bond donors (Lipinski definition) is 2. The Morgan fingerprint density at radius 1 is 1.26 bits per heavy atom. The van der Waals surface area contributed by atoms with Crippen LogP contribution >= 0.6 is 34.3 Å². The van der Waals surface area contributed by atoms with Gasteiger partial charge < -0.3 is 0 Å². The van der Waals surface area contributed by atoms with Crippen LogP contribution in [0.15, 0.2) is 35.0 Å². The Morgan fingerprint density at radius 3 is 2.79 bits per heavy atom. The van der Waals surface area contributed by atoms with E-state index in [0.29, 0.717) is 0 Å². The van der Waals surface area contributed by atoms with Crippen molar-refractivity contribution < 1.29 is 0 Å². The third-order valence-corrected chi connectivity index (χ3v) is 5.93. The average Bonchev–Trinajstić information content (AvgIpc) is 3.01. The standard InChI is InChI=1S/C14H13ClN2S2/c1-8-7-19-14(11(8)15)12(17-16)10-4-2-3-9-5-6-18-13(9)10/h2-7,12,17H,16H2,1H3. The summed E-state index contributed by atoms with van der Waals surface area (Å²) in [7, 11) is 0. The minimum atomic E-state index is -0.0615. The maximum absolute atomic E-state index is 6.38. The lowest BCUT2D eigenvalue weighted by Gasteiger charge is -2.16. The van der Waals surface area contributed by atoms with Crippen molar-refractivity contribution in [3.8, 4) is 0 Å². The Bertz CT molecular complexity index is 717. The van der Waals surface area contributed by atoms with E-state index in [-0.39, 0.29) is 6.04 Å². The predicted octanol–water partition coefficient (Wildman–Crippen LogP) is 4.48. The van der Waals surface area contributed by atoms with Crippen LogP contribution in [0.5, 0.6) is 0 Å². The quantitative estimate of drug-likeness (QED) is 0.553. The second-order valence-electron chi connectivity index (χ2n) is 4.38. The van der Waals surface area contributed by atoms with Gasteiger partial charge in [-0.1, -0.05) is 29.8 Å². The lowest BCUT2D eigenvalue weighted by molar-refractivity contribution is 0.651. The third-order valence-electron chi connectivity index (χ3n) is 3.17. The highest BCUT2D eigenvalue weighted by molar-refractivity contribution is 7.17. The van der Waals surface area contributed by atoms with E-state index < -0.39 is 0 Å². The molecule has 0 aliphatic rings. The number of fused-ring (bicyclic) bond motifs is 1. The first-order valence-corrected chi connectivity index (χ1v) is 8.02. The van der Waals surface area contributed by atoms with Gasteiger partial charge in [0.2, 0.25) is 0 Å². The molecule has 1 atom stereocenters. The molecule has 0 bridgehead atoms. The smallest absolute Gasteiger partial charge is 0.0831 e. The number of thiophene rings is 2. The summed E-state index contributed by atoms with van der Waals surface area (Å²) in [6.45, 7) is 2.02. The summed E-state index contributed by atoms with van der Waals surface area (Å²) in [6.07, 6.45) is 0. The number of hydrazine groups is 1. The fourth-order valence-electron chi connectivity index (χ4n) is 2.19. The molecule has 1 aromatic carbocycles. The Kier molecular flexibility index (Phi) is 3.60. The number of aryl methyl sites for hydroxylation is 1. The Balaban J connectivity index is 2.17. The molecule has 0 aliphatic carbocycles. The van der Waals surface area contributed by atoms with Crippen molar-refractivity contribution in [3.05, 3.63) is 56.1 Å². The van der Waals surface area contributed by atoms with Gasteiger partial charge in [0.15, 0.2) is 0 Å². The van der Waals surface area contributed by atoms with Gasteiger partial charge in [0, 0.05) is 9.58 Å². The van der Waals surface area contributed by atoms with Crippen molar-refractivity contribution in [2.24, 2.45) is 5.84 Å². The monoisotopic (exact) mass is 308 g/mol. The molecular formula is C14H13ClN2S2. The van der Waals surface area contributed by atoms with Gasteiger partial charge in [-0.2, -0.15) is 0 Å². The van der Waals surface area contributed by atoms with Crippen LogP contribution in [0.2, 0.25) is 5.02 Å². The molecule has 0 radical (unpaired) electrons. The zero-order valence-electron chi connectivity index (χ0n) is 10.3. The van der Waals surface area contributed by atoms with Crippen molar-refractivity contribution in [1.82, 2.24) is 5.43 Å². The molecule has 19 heavy (non-hydrogen) atoms. The molecule has 3 rings (SSSR count). The zero-order chi connectivity index (χ0) is 13.4. The van der Waals surface area contributed by atoms with E-state index in [1.807, 2.05) is 6.92 Å². The second-order valence-corrected chi connectivity index (χ2v) is 6.59. The molecular weight excluding hydrogens is 296 g/mol. The molecule has 98 valence electrons. The molecule has 2 aromatic heterocycles. The highest BCUT2D eigenvalue weighted by Crippen LogP contribution is 2.38. The van der Waals surface area contributed by atoms with E-state index in [1.165, 1.54) is 15.6 Å². The van der Waals surface area contributed by atoms with E-state index >= 15 is 0 Å². The molecule has 0 aliphatic heterocycles. The van der Waals surface area contributed by atoms with Crippen LogP contribution in [0.4, 0.5) is 0 Å². The molecule has 3 aromatic rings. The van der Waals surface area contributed by atoms with Gasteiger partial charge in [-0.05, 0) is 40.3 Å². The predicted molar refractivity (Wildman–Crippen MR) is 85.1 cm³/mol. The summed E-state index contributed by atoms with van der Waals surface area (Å²) in [5.41, 5.74) is 5.18. The van der Waals surface area contributed by atoms with E-state index in [1.54, 1.807) is 22.7 Å². The molecule has 3 N–H and O–H groups in total. The normalized spacial score (nSPS) is 13.0. The fraction of sp³-hybridized carbons (Fsp3) is 0.143. The average molecular weight is 309 g/mol. The number of halogens is 1. The van der Waals surface area contributed by atoms with Gasteiger partial charge in [0.05, 0.1) is 11.1 Å². The Labute approximate surface area is 124 Å². The summed E-state index contributed by atoms with van der Waals surface area (Å²) in [6, 6.07) is 8.34. The van der Waals surface area contributed by atoms with Crippen LogP contribution in [0.3, 0.4) is 0 Å². The van der Waals surface area contributed by atoms with E-state index in [2.05, 4.69) is 40.5 Å². The first-order chi connectivity index (χ1) is 9.22. The van der Waals surface area contributed by atoms with Gasteiger partial charge in [-0.15, -0.1) is 22.7 Å². The van der Waals surface area contributed by atoms with E-state index in [9.17, 15) is 0 Å². The minimum Gasteiger partial charge on any atom is -0.271 e. The molecule has 2 heterocycles. The zero-order valence-corrected chi connectivity index (χ0v) is 12.7. The third kappa shape index (κ3) is 2.20. The summed E-state index contributed by atoms with van der Waals surface area (Å²) >= 11 is 9.75. The summed E-state index contributed by atoms with van der Waals surface area (Å²) in [4.78, 5) is 1.07. The molecule has 0 spiro atoms. The number of benzene rings is 1. The molecule has 5 heteroatoms. The van der Waals surface area contributed by atoms with Gasteiger partial charge in [0.1, 0.15) is 0 Å². The summed E-state index contributed by atoms with van der Waals surface area (Å²) in [5, 5.41) is 6.22. The van der Waals surface area contributed by atoms with Gasteiger partial charge in [-0.25, -0.2) is 5.43 Å².